The summed E-state index contributed by atoms with van der Waals surface area (Å²) in [5.41, 5.74) is 1.16. The van der Waals surface area contributed by atoms with E-state index in [-0.39, 0.29) is 17.9 Å². The van der Waals surface area contributed by atoms with Crippen LogP contribution < -0.4 is 5.32 Å². The maximum Gasteiger partial charge on any atom is 0.270 e. The van der Waals surface area contributed by atoms with Crippen molar-refractivity contribution in [3.05, 3.63) is 54.1 Å². The number of nitrogens with one attached hydrogen (secondary N) is 2. The number of aromatic amines is 1. The Hall–Kier alpha value is -2.67. The molecule has 29 heavy (non-hydrogen) atoms. The summed E-state index contributed by atoms with van der Waals surface area (Å²) >= 11 is 0. The van der Waals surface area contributed by atoms with Gasteiger partial charge in [0.1, 0.15) is 5.69 Å². The molecule has 2 aromatic rings. The lowest BCUT2D eigenvalue weighted by Crippen LogP contribution is -2.65. The first-order chi connectivity index (χ1) is 14.1. The Labute approximate surface area is 171 Å². The smallest absolute Gasteiger partial charge is 0.270 e. The van der Waals surface area contributed by atoms with Gasteiger partial charge in [-0.15, -0.1) is 0 Å². The monoisotopic (exact) mass is 395 g/mol. The topological polar surface area (TPSA) is 81.3 Å². The maximum atomic E-state index is 13.3. The van der Waals surface area contributed by atoms with Crippen LogP contribution in [-0.4, -0.2) is 70.9 Å². The maximum absolute atomic E-state index is 13.3. The number of piperidine rings is 2. The summed E-state index contributed by atoms with van der Waals surface area (Å²) in [5.74, 6) is 0.134. The summed E-state index contributed by atoms with van der Waals surface area (Å²) in [7, 11) is 2.07. The van der Waals surface area contributed by atoms with Crippen molar-refractivity contribution < 1.29 is 9.59 Å². The molecule has 2 aliphatic heterocycles. The van der Waals surface area contributed by atoms with Gasteiger partial charge in [0.15, 0.2) is 0 Å². The molecule has 2 atom stereocenters. The summed E-state index contributed by atoms with van der Waals surface area (Å²) in [5, 5.41) is 3.17. The van der Waals surface area contributed by atoms with Crippen LogP contribution in [0.5, 0.6) is 0 Å². The Morgan fingerprint density at radius 2 is 2.14 bits per heavy atom. The lowest BCUT2D eigenvalue weighted by molar-refractivity contribution is -0.143. The highest BCUT2D eigenvalue weighted by molar-refractivity contribution is 5.93. The Morgan fingerprint density at radius 3 is 2.90 bits per heavy atom. The number of hydrogen-bond donors (Lipinski definition) is 2. The van der Waals surface area contributed by atoms with Crippen molar-refractivity contribution in [2.75, 3.05) is 33.2 Å². The number of nitrogens with zero attached hydrogens (tertiary/aromatic N) is 3. The molecule has 2 aromatic heterocycles. The van der Waals surface area contributed by atoms with E-state index in [1.165, 1.54) is 0 Å². The minimum atomic E-state index is -0.427. The van der Waals surface area contributed by atoms with Gasteiger partial charge in [-0.1, -0.05) is 6.07 Å². The van der Waals surface area contributed by atoms with Crippen LogP contribution in [0.1, 0.15) is 35.4 Å². The highest BCUT2D eigenvalue weighted by Gasteiger charge is 2.52. The summed E-state index contributed by atoms with van der Waals surface area (Å²) in [6.45, 7) is 2.73. The van der Waals surface area contributed by atoms with Crippen molar-refractivity contribution in [1.29, 1.82) is 0 Å². The standard InChI is InChI=1S/C22H29N5O2/c1-26-14-5-9-22(21(29)25-13-8-17-6-2-3-11-23-17)10-15-27(16-19(22)26)20(28)18-7-4-12-24-18/h2-4,6-7,11-12,19,24H,5,8-10,13-16H2,1H3,(H,25,29)/t19-,22+/m0/s1. The largest absolute Gasteiger partial charge is 0.357 e. The Balaban J connectivity index is 1.44. The lowest BCUT2D eigenvalue weighted by Gasteiger charge is -2.53. The third-order valence-electron chi connectivity index (χ3n) is 6.49. The van der Waals surface area contributed by atoms with Crippen LogP contribution in [0.15, 0.2) is 42.7 Å². The number of fused-ring (bicyclic) bond motifs is 1. The van der Waals surface area contributed by atoms with E-state index in [0.717, 1.165) is 31.5 Å². The Morgan fingerprint density at radius 1 is 1.24 bits per heavy atom. The molecule has 0 radical (unpaired) electrons. The van der Waals surface area contributed by atoms with Crippen LogP contribution in [0.4, 0.5) is 0 Å². The van der Waals surface area contributed by atoms with Crippen LogP contribution in [0.2, 0.25) is 0 Å². The van der Waals surface area contributed by atoms with Gasteiger partial charge < -0.3 is 20.1 Å². The molecule has 4 heterocycles. The molecule has 0 aromatic carbocycles. The number of carbonyl (C=O) groups excluding carboxylic acids is 2. The molecule has 7 nitrogen and oxygen atoms in total. The number of pyridine rings is 1. The number of rotatable bonds is 5. The molecule has 154 valence electrons. The molecular formula is C22H29N5O2. The predicted molar refractivity (Wildman–Crippen MR) is 110 cm³/mol. The van der Waals surface area contributed by atoms with E-state index >= 15 is 0 Å². The molecule has 2 aliphatic rings. The quantitative estimate of drug-likeness (QED) is 0.807. The van der Waals surface area contributed by atoms with Crippen LogP contribution >= 0.6 is 0 Å². The first-order valence-corrected chi connectivity index (χ1v) is 10.4. The van der Waals surface area contributed by atoms with Gasteiger partial charge in [0.05, 0.1) is 5.41 Å². The van der Waals surface area contributed by atoms with Crippen molar-refractivity contribution in [3.63, 3.8) is 0 Å². The highest BCUT2D eigenvalue weighted by Crippen LogP contribution is 2.42. The summed E-state index contributed by atoms with van der Waals surface area (Å²) in [4.78, 5) is 37.6. The third kappa shape index (κ3) is 3.92. The highest BCUT2D eigenvalue weighted by atomic mass is 16.2. The molecule has 0 unspecified atom stereocenters. The molecule has 2 N–H and O–H groups in total. The van der Waals surface area contributed by atoms with Crippen molar-refractivity contribution in [2.24, 2.45) is 5.41 Å². The average Bonchev–Trinajstić information content (AvgIpc) is 3.29. The van der Waals surface area contributed by atoms with Gasteiger partial charge >= 0.3 is 0 Å². The SMILES string of the molecule is CN1CCC[C@@]2(C(=O)NCCc3ccccn3)CCN(C(=O)c3ccc[nH]3)C[C@H]12. The minimum absolute atomic E-state index is 0.0122. The molecule has 0 saturated carbocycles. The van der Waals surface area contributed by atoms with Gasteiger partial charge in [0.25, 0.3) is 5.91 Å². The molecule has 0 spiro atoms. The molecule has 2 saturated heterocycles. The second kappa shape index (κ2) is 8.37. The minimum Gasteiger partial charge on any atom is -0.357 e. The van der Waals surface area contributed by atoms with Crippen LogP contribution in [0.25, 0.3) is 0 Å². The first kappa shape index (κ1) is 19.6. The van der Waals surface area contributed by atoms with E-state index in [9.17, 15) is 9.59 Å². The van der Waals surface area contributed by atoms with Crippen molar-refractivity contribution in [1.82, 2.24) is 25.1 Å². The van der Waals surface area contributed by atoms with Crippen molar-refractivity contribution in [3.8, 4) is 0 Å². The molecule has 2 fully saturated rings. The van der Waals surface area contributed by atoms with Crippen LogP contribution in [-0.2, 0) is 11.2 Å². The lowest BCUT2D eigenvalue weighted by atomic mass is 9.67. The molecule has 4 rings (SSSR count). The van der Waals surface area contributed by atoms with Gasteiger partial charge in [-0.3, -0.25) is 14.6 Å². The predicted octanol–water partition coefficient (Wildman–Crippen LogP) is 1.70. The van der Waals surface area contributed by atoms with Crippen LogP contribution in [0.3, 0.4) is 0 Å². The Kier molecular flexibility index (Phi) is 5.67. The second-order valence-electron chi connectivity index (χ2n) is 8.17. The number of hydrogen-bond acceptors (Lipinski definition) is 4. The number of H-pyrrole nitrogens is 1. The number of likely N-dealkylation sites (tertiary alicyclic amines) is 2. The fourth-order valence-electron chi connectivity index (χ4n) is 4.85. The fraction of sp³-hybridized carbons (Fsp3) is 0.500. The zero-order valence-corrected chi connectivity index (χ0v) is 16.9. The molecule has 0 aliphatic carbocycles. The molecule has 2 amide bonds. The van der Waals surface area contributed by atoms with E-state index in [1.807, 2.05) is 29.2 Å². The van der Waals surface area contributed by atoms with Crippen molar-refractivity contribution in [2.45, 2.75) is 31.7 Å². The average molecular weight is 396 g/mol. The zero-order chi connectivity index (χ0) is 20.3. The van der Waals surface area contributed by atoms with Crippen LogP contribution in [0, 0.1) is 5.41 Å². The number of likely N-dealkylation sites (N-methyl/N-ethyl adjacent to an activating group) is 1. The summed E-state index contributed by atoms with van der Waals surface area (Å²) < 4.78 is 0. The van der Waals surface area contributed by atoms with E-state index in [1.54, 1.807) is 18.5 Å². The summed E-state index contributed by atoms with van der Waals surface area (Å²) in [6.07, 6.45) is 6.85. The normalized spacial score (nSPS) is 24.7. The second-order valence-corrected chi connectivity index (χ2v) is 8.17. The van der Waals surface area contributed by atoms with Gasteiger partial charge in [-0.05, 0) is 57.1 Å². The number of carbonyl (C=O) groups is 2. The summed E-state index contributed by atoms with van der Waals surface area (Å²) in [6, 6.07) is 9.52. The number of amides is 2. The molecule has 0 bridgehead atoms. The molecule has 7 heteroatoms. The van der Waals surface area contributed by atoms with E-state index < -0.39 is 5.41 Å². The first-order valence-electron chi connectivity index (χ1n) is 10.4. The third-order valence-corrected chi connectivity index (χ3v) is 6.49. The van der Waals surface area contributed by atoms with Crippen molar-refractivity contribution >= 4 is 11.8 Å². The van der Waals surface area contributed by atoms with E-state index in [4.69, 9.17) is 0 Å². The van der Waals surface area contributed by atoms with Gasteiger partial charge in [0.2, 0.25) is 5.91 Å². The Bertz CT molecular complexity index is 838. The van der Waals surface area contributed by atoms with Gasteiger partial charge in [-0.2, -0.15) is 0 Å². The van der Waals surface area contributed by atoms with Gasteiger partial charge in [-0.25, -0.2) is 0 Å². The number of aromatic nitrogens is 2. The fourth-order valence-corrected chi connectivity index (χ4v) is 4.85. The van der Waals surface area contributed by atoms with Gasteiger partial charge in [0, 0.05) is 50.2 Å². The molecular weight excluding hydrogens is 366 g/mol. The zero-order valence-electron chi connectivity index (χ0n) is 16.9. The van der Waals surface area contributed by atoms with E-state index in [2.05, 4.69) is 27.2 Å². The van der Waals surface area contributed by atoms with E-state index in [0.29, 0.717) is 31.7 Å².